The van der Waals surface area contributed by atoms with E-state index in [1.807, 2.05) is 41.5 Å². The molecular weight excluding hydrogens is 1300 g/mol. The van der Waals surface area contributed by atoms with E-state index in [1.165, 1.54) is 116 Å². The maximum absolute atomic E-state index is 13.9. The second kappa shape index (κ2) is 29.2. The molecule has 20 bridgehead atoms. The van der Waals surface area contributed by atoms with Crippen LogP contribution in [0, 0.1) is 188 Å². The van der Waals surface area contributed by atoms with Crippen molar-refractivity contribution in [2.75, 3.05) is 0 Å². The largest absolute Gasteiger partial charge is 0.462 e. The molecule has 0 radical (unpaired) electrons. The summed E-state index contributed by atoms with van der Waals surface area (Å²) in [6.45, 7) is 24.8. The minimum absolute atomic E-state index is 0. The number of rotatable bonds is 16. The van der Waals surface area contributed by atoms with Crippen molar-refractivity contribution < 1.29 is 57.2 Å². The molecule has 12 heteroatoms. The predicted molar refractivity (Wildman–Crippen MR) is 412 cm³/mol. The van der Waals surface area contributed by atoms with Crippen molar-refractivity contribution >= 4 is 35.8 Å². The average Bonchev–Trinajstić information content (AvgIpc) is 1.53. The van der Waals surface area contributed by atoms with Crippen LogP contribution in [-0.4, -0.2) is 70.9 Å². The molecule has 0 saturated heterocycles. The molecule has 21 aliphatic carbocycles. The van der Waals surface area contributed by atoms with E-state index >= 15 is 0 Å². The first-order chi connectivity index (χ1) is 46.6. The highest BCUT2D eigenvalue weighted by Gasteiger charge is 2.71. The van der Waals surface area contributed by atoms with Crippen molar-refractivity contribution in [1.29, 1.82) is 0 Å². The van der Waals surface area contributed by atoms with Gasteiger partial charge in [-0.15, -0.1) is 0 Å². The van der Waals surface area contributed by atoms with Gasteiger partial charge < -0.3 is 28.4 Å². The molecule has 0 aromatic carbocycles. The summed E-state index contributed by atoms with van der Waals surface area (Å²) in [4.78, 5) is 79.2. The van der Waals surface area contributed by atoms with Crippen molar-refractivity contribution in [1.82, 2.24) is 0 Å². The summed E-state index contributed by atoms with van der Waals surface area (Å²) in [5.74, 6) is 17.4. The fourth-order valence-electron chi connectivity index (χ4n) is 30.4. The first-order valence-electron chi connectivity index (χ1n) is 42.0. The van der Waals surface area contributed by atoms with E-state index in [9.17, 15) is 28.8 Å². The molecule has 0 aromatic rings. The normalized spacial score (nSPS) is 47.7. The fourth-order valence-corrected chi connectivity index (χ4v) is 30.4. The van der Waals surface area contributed by atoms with Crippen molar-refractivity contribution in [3.8, 4) is 0 Å². The van der Waals surface area contributed by atoms with Crippen LogP contribution in [-0.2, 0) is 57.2 Å². The fraction of sp³-hybridized carbons (Fsp3) is 0.935. The highest BCUT2D eigenvalue weighted by Crippen LogP contribution is 2.74. The molecule has 12 nitrogen and oxygen atoms in total. The first kappa shape index (κ1) is 81.8. The number of ether oxygens (including phenoxy) is 6. The zero-order valence-corrected chi connectivity index (χ0v) is 62.6. The highest BCUT2D eigenvalue weighted by molar-refractivity contribution is 5.78. The summed E-state index contributed by atoms with van der Waals surface area (Å²) in [6, 6.07) is 0. The third-order valence-electron chi connectivity index (χ3n) is 35.7. The summed E-state index contributed by atoms with van der Waals surface area (Å²) in [6.07, 6.45) is 34.7. The van der Waals surface area contributed by atoms with Crippen LogP contribution in [0.4, 0.5) is 0 Å². The van der Waals surface area contributed by atoms with Crippen molar-refractivity contribution in [2.45, 2.75) is 355 Å². The van der Waals surface area contributed by atoms with Crippen molar-refractivity contribution in [3.05, 3.63) is 0 Å². The van der Waals surface area contributed by atoms with Crippen LogP contribution in [0.25, 0.3) is 0 Å². The van der Waals surface area contributed by atoms with Gasteiger partial charge in [-0.1, -0.05) is 72.3 Å². The van der Waals surface area contributed by atoms with E-state index in [4.69, 9.17) is 28.4 Å². The van der Waals surface area contributed by atoms with Crippen LogP contribution in [0.15, 0.2) is 0 Å². The van der Waals surface area contributed by atoms with Crippen LogP contribution in [0.3, 0.4) is 0 Å². The Labute approximate surface area is 633 Å². The molecule has 0 aromatic heterocycles. The van der Waals surface area contributed by atoms with Gasteiger partial charge in [0.05, 0.1) is 34.0 Å². The lowest BCUT2D eigenvalue weighted by molar-refractivity contribution is -0.217. The SMILES string of the molecule is C.C.C.C.C.C.CCC(C)(C)C(=O)OC1CC2CC1C1C3CC(CC3C(=O)OC3(C)C4CC5CC(C4)CC3C5)C21.CCC(C)(C)C(=O)OC1CC2CC1C1C3CC(CC3C(=O)OC3(C)CCCC3)C21.CCC(C)(C)C(=O)OC1CC2CC1C1C3CC(CC3C(=O)OC3(CC)C4CC5CC(C4)CC3C5)C21. The Hall–Kier alpha value is -3.18. The third-order valence-corrected chi connectivity index (χ3v) is 35.7. The summed E-state index contributed by atoms with van der Waals surface area (Å²) in [5.41, 5.74) is -1.84. The lowest BCUT2D eigenvalue weighted by atomic mass is 9.49. The number of carbonyl (C=O) groups is 6. The Balaban J connectivity index is 0.000000153. The summed E-state index contributed by atoms with van der Waals surface area (Å²) < 4.78 is 37.9. The molecule has 21 rings (SSSR count). The monoisotopic (exact) mass is 1450 g/mol. The quantitative estimate of drug-likeness (QED) is 0.0819. The molecule has 0 N–H and O–H groups in total. The Bertz CT molecular complexity index is 3080. The smallest absolute Gasteiger partial charge is 0.311 e. The Morgan fingerprint density at radius 1 is 0.327 bits per heavy atom. The molecule has 21 aliphatic rings. The van der Waals surface area contributed by atoms with Gasteiger partial charge in [-0.2, -0.15) is 0 Å². The van der Waals surface area contributed by atoms with E-state index in [0.29, 0.717) is 112 Å². The molecule has 21 fully saturated rings. The maximum Gasteiger partial charge on any atom is 0.311 e. The molecule has 0 aliphatic heterocycles. The molecule has 0 spiro atoms. The lowest BCUT2D eigenvalue weighted by Gasteiger charge is -2.60. The first-order valence-corrected chi connectivity index (χ1v) is 42.0. The molecule has 24 atom stereocenters. The van der Waals surface area contributed by atoms with E-state index in [-0.39, 0.29) is 133 Å². The molecular formula is C92H152O12. The lowest BCUT2D eigenvalue weighted by Crippen LogP contribution is -2.60. The number of hydrogen-bond acceptors (Lipinski definition) is 12. The molecule has 0 heterocycles. The minimum Gasteiger partial charge on any atom is -0.462 e. The standard InChI is InChI=1S/C31H46O4.C30H44O4.C25H38O4.6CH4/c1-5-30(3,4)29(33)34-25-15-19-14-24(25)27-22-12-18(26(19)27)13-23(22)28(32)35-31(6-2)20-8-16-7-17(10-20)11-21(31)9-16;1-5-29(2,3)28(32)33-24-14-18-13-23(24)26-21-11-17(25(18)26)12-22(21)27(31)34-30(4)19-7-15-6-16(9-19)10-20(30)8-15;1-5-24(2,3)23(27)28-19-13-15-12-18(19)21-16-10-14(20(15)21)11-17(16)22(26)29-25(4)8-6-7-9-25;;;;;;/h16-27H,5-15H2,1-4H3;15-26H,5-14H2,1-4H3;14-21H,5-13H2,1-4H3;6*1H4. The number of carbonyl (C=O) groups excluding carboxylic acids is 6. The van der Waals surface area contributed by atoms with Gasteiger partial charge in [-0.3, -0.25) is 28.8 Å². The van der Waals surface area contributed by atoms with Crippen LogP contribution < -0.4 is 0 Å². The Morgan fingerprint density at radius 3 is 0.913 bits per heavy atom. The van der Waals surface area contributed by atoms with Gasteiger partial charge in [0.25, 0.3) is 0 Å². The van der Waals surface area contributed by atoms with Gasteiger partial charge in [0.1, 0.15) is 35.1 Å². The van der Waals surface area contributed by atoms with Gasteiger partial charge >= 0.3 is 35.8 Å². The van der Waals surface area contributed by atoms with Crippen LogP contribution in [0.5, 0.6) is 0 Å². The Morgan fingerprint density at radius 2 is 0.606 bits per heavy atom. The second-order valence-corrected chi connectivity index (χ2v) is 41.2. The van der Waals surface area contributed by atoms with Gasteiger partial charge in [0.15, 0.2) is 0 Å². The van der Waals surface area contributed by atoms with Gasteiger partial charge in [-0.05, 0) is 402 Å². The topological polar surface area (TPSA) is 158 Å². The average molecular weight is 1450 g/mol. The third kappa shape index (κ3) is 12.9. The highest BCUT2D eigenvalue weighted by atomic mass is 16.6. The van der Waals surface area contributed by atoms with Crippen molar-refractivity contribution in [2.24, 2.45) is 188 Å². The summed E-state index contributed by atoms with van der Waals surface area (Å²) in [5, 5.41) is 0. The number of esters is 6. The molecule has 592 valence electrons. The molecule has 104 heavy (non-hydrogen) atoms. The van der Waals surface area contributed by atoms with Crippen LogP contribution in [0.1, 0.15) is 320 Å². The number of fused-ring (bicyclic) bond motifs is 27. The maximum atomic E-state index is 13.9. The summed E-state index contributed by atoms with van der Waals surface area (Å²) in [7, 11) is 0. The van der Waals surface area contributed by atoms with E-state index in [1.54, 1.807) is 0 Å². The van der Waals surface area contributed by atoms with E-state index < -0.39 is 16.2 Å². The van der Waals surface area contributed by atoms with E-state index in [0.717, 1.165) is 118 Å². The Kier molecular flexibility index (Phi) is 22.9. The molecule has 24 unspecified atom stereocenters. The van der Waals surface area contributed by atoms with Gasteiger partial charge in [0.2, 0.25) is 0 Å². The zero-order chi connectivity index (χ0) is 68.4. The van der Waals surface area contributed by atoms with Crippen LogP contribution >= 0.6 is 0 Å². The molecule has 0 amide bonds. The minimum atomic E-state index is -0.407. The van der Waals surface area contributed by atoms with Gasteiger partial charge in [-0.25, -0.2) is 0 Å². The van der Waals surface area contributed by atoms with Crippen molar-refractivity contribution in [3.63, 3.8) is 0 Å². The second-order valence-electron chi connectivity index (χ2n) is 41.2. The predicted octanol–water partition coefficient (Wildman–Crippen LogP) is 21.4. The van der Waals surface area contributed by atoms with Gasteiger partial charge in [0, 0.05) is 0 Å². The van der Waals surface area contributed by atoms with Crippen LogP contribution in [0.2, 0.25) is 0 Å². The zero-order valence-electron chi connectivity index (χ0n) is 62.6. The summed E-state index contributed by atoms with van der Waals surface area (Å²) >= 11 is 0. The molecule has 21 saturated carbocycles. The van der Waals surface area contributed by atoms with E-state index in [2.05, 4.69) is 41.5 Å². The number of hydrogen-bond donors (Lipinski definition) is 0.